The summed E-state index contributed by atoms with van der Waals surface area (Å²) in [7, 11) is 0. The van der Waals surface area contributed by atoms with Gasteiger partial charge in [0, 0.05) is 25.7 Å². The number of hydrogen-bond donors (Lipinski definition) is 3. The predicted molar refractivity (Wildman–Crippen MR) is 101 cm³/mol. The van der Waals surface area contributed by atoms with Crippen molar-refractivity contribution < 1.29 is 37.3 Å². The molecule has 2 rings (SSSR count). The number of H-pyrrole nitrogens is 1. The summed E-state index contributed by atoms with van der Waals surface area (Å²) in [6.45, 7) is 5.79. The van der Waals surface area contributed by atoms with E-state index in [0.29, 0.717) is 12.0 Å². The zero-order chi connectivity index (χ0) is 22.7. The van der Waals surface area contributed by atoms with Gasteiger partial charge in [0.2, 0.25) is 0 Å². The molecule has 11 heteroatoms. The number of nitrogens with zero attached hydrogens (tertiary/aromatic N) is 1. The monoisotopic (exact) mass is 435 g/mol. The lowest BCUT2D eigenvalue weighted by atomic mass is 10.0. The van der Waals surface area contributed by atoms with Crippen LogP contribution >= 0.6 is 0 Å². The van der Waals surface area contributed by atoms with Gasteiger partial charge in [-0.3, -0.25) is 5.32 Å². The van der Waals surface area contributed by atoms with Gasteiger partial charge < -0.3 is 24.5 Å². The number of carboxylic acids is 1. The third-order valence-electron chi connectivity index (χ3n) is 4.68. The molecule has 1 aliphatic heterocycles. The molecule has 0 spiro atoms. The molecule has 1 aromatic heterocycles. The van der Waals surface area contributed by atoms with Gasteiger partial charge in [0.1, 0.15) is 17.5 Å². The molecule has 1 aromatic rings. The van der Waals surface area contributed by atoms with Crippen molar-refractivity contribution in [3.8, 4) is 0 Å². The Hall–Kier alpha value is -2.27. The molecule has 2 heterocycles. The Kier molecular flexibility index (Phi) is 7.08. The highest BCUT2D eigenvalue weighted by atomic mass is 19.4. The molecule has 0 bridgehead atoms. The summed E-state index contributed by atoms with van der Waals surface area (Å²) in [5, 5.41) is 11.9. The van der Waals surface area contributed by atoms with Crippen LogP contribution in [0.25, 0.3) is 0 Å². The van der Waals surface area contributed by atoms with Crippen LogP contribution in [0.5, 0.6) is 0 Å². The number of aromatic amines is 1. The van der Waals surface area contributed by atoms with E-state index < -0.39 is 48.6 Å². The Morgan fingerprint density at radius 2 is 2.03 bits per heavy atom. The minimum atomic E-state index is -4.68. The van der Waals surface area contributed by atoms with Crippen LogP contribution in [0.15, 0.2) is 12.3 Å². The van der Waals surface area contributed by atoms with Crippen molar-refractivity contribution in [1.82, 2.24) is 15.2 Å². The number of carbonyl (C=O) groups is 2. The van der Waals surface area contributed by atoms with E-state index in [1.54, 1.807) is 26.8 Å². The average molecular weight is 435 g/mol. The number of carboxylic acid groups (broad SMARTS) is 1. The zero-order valence-electron chi connectivity index (χ0n) is 17.4. The van der Waals surface area contributed by atoms with Crippen molar-refractivity contribution in [2.45, 2.75) is 64.1 Å². The number of halogens is 3. The van der Waals surface area contributed by atoms with Crippen LogP contribution in [0, 0.1) is 0 Å². The summed E-state index contributed by atoms with van der Waals surface area (Å²) in [6, 6.07) is 1.60. The molecular formula is C19H28F3N3O5. The van der Waals surface area contributed by atoms with Gasteiger partial charge in [-0.05, 0) is 45.7 Å². The Morgan fingerprint density at radius 3 is 2.60 bits per heavy atom. The first-order chi connectivity index (χ1) is 13.7. The van der Waals surface area contributed by atoms with E-state index in [-0.39, 0.29) is 18.8 Å². The van der Waals surface area contributed by atoms with Crippen LogP contribution < -0.4 is 5.32 Å². The van der Waals surface area contributed by atoms with Crippen molar-refractivity contribution >= 4 is 12.1 Å². The van der Waals surface area contributed by atoms with Crippen LogP contribution in [-0.4, -0.2) is 70.3 Å². The zero-order valence-corrected chi connectivity index (χ0v) is 17.4. The van der Waals surface area contributed by atoms with Crippen LogP contribution in [0.1, 0.15) is 50.2 Å². The summed E-state index contributed by atoms with van der Waals surface area (Å²) in [4.78, 5) is 26.9. The van der Waals surface area contributed by atoms with Gasteiger partial charge in [-0.2, -0.15) is 13.2 Å². The number of ether oxygens (including phenoxy) is 2. The number of likely N-dealkylation sites (tertiary alicyclic amines) is 1. The lowest BCUT2D eigenvalue weighted by molar-refractivity contribution is -0.286. The highest BCUT2D eigenvalue weighted by molar-refractivity contribution is 5.87. The first-order valence-electron chi connectivity index (χ1n) is 9.59. The number of alkyl halides is 3. The quantitative estimate of drug-likeness (QED) is 0.569. The minimum absolute atomic E-state index is 0.0425. The molecule has 3 N–H and O–H groups in total. The summed E-state index contributed by atoms with van der Waals surface area (Å²) in [6.07, 6.45) is -5.09. The standard InChI is InChI=1S/C19H28F3N3O5/c1-12(23-8-5-13-6-9-24-14(13)15(26)27)29-18(19(20,21)22)7-10-25(11-18)16(28)30-17(2,3)4/h6,9,12,23-24H,5,7-8,10-11H2,1-4H3,(H,26,27). The predicted octanol–water partition coefficient (Wildman–Crippen LogP) is 3.15. The maximum absolute atomic E-state index is 13.8. The normalized spacial score (nSPS) is 21.0. The molecule has 1 saturated heterocycles. The van der Waals surface area contributed by atoms with Crippen molar-refractivity contribution in [3.05, 3.63) is 23.5 Å². The lowest BCUT2D eigenvalue weighted by Gasteiger charge is -2.34. The van der Waals surface area contributed by atoms with Crippen molar-refractivity contribution in [1.29, 1.82) is 0 Å². The van der Waals surface area contributed by atoms with Crippen LogP contribution in [0.4, 0.5) is 18.0 Å². The van der Waals surface area contributed by atoms with E-state index in [2.05, 4.69) is 10.3 Å². The number of aromatic carboxylic acids is 1. The van der Waals surface area contributed by atoms with Gasteiger partial charge in [0.05, 0.1) is 6.54 Å². The molecule has 2 atom stereocenters. The Morgan fingerprint density at radius 1 is 1.37 bits per heavy atom. The van der Waals surface area contributed by atoms with Gasteiger partial charge in [0.25, 0.3) is 0 Å². The Labute approximate surface area is 172 Å². The largest absolute Gasteiger partial charge is 0.477 e. The lowest BCUT2D eigenvalue weighted by Crippen LogP contribution is -2.54. The summed E-state index contributed by atoms with van der Waals surface area (Å²) in [5.41, 5.74) is -2.74. The number of amides is 1. The second-order valence-electron chi connectivity index (χ2n) is 8.29. The van der Waals surface area contributed by atoms with Crippen molar-refractivity contribution in [2.75, 3.05) is 19.6 Å². The second-order valence-corrected chi connectivity index (χ2v) is 8.29. The highest BCUT2D eigenvalue weighted by Crippen LogP contribution is 2.41. The maximum atomic E-state index is 13.8. The highest BCUT2D eigenvalue weighted by Gasteiger charge is 2.61. The van der Waals surface area contributed by atoms with E-state index in [9.17, 15) is 22.8 Å². The molecule has 0 aliphatic carbocycles. The fourth-order valence-electron chi connectivity index (χ4n) is 3.26. The molecule has 2 unspecified atom stereocenters. The minimum Gasteiger partial charge on any atom is -0.477 e. The first-order valence-corrected chi connectivity index (χ1v) is 9.59. The van der Waals surface area contributed by atoms with E-state index >= 15 is 0 Å². The van der Waals surface area contributed by atoms with Gasteiger partial charge in [-0.15, -0.1) is 0 Å². The van der Waals surface area contributed by atoms with Gasteiger partial charge >= 0.3 is 18.2 Å². The summed E-state index contributed by atoms with van der Waals surface area (Å²) >= 11 is 0. The molecule has 0 aromatic carbocycles. The Bertz CT molecular complexity index is 759. The third-order valence-corrected chi connectivity index (χ3v) is 4.68. The van der Waals surface area contributed by atoms with Gasteiger partial charge in [0.15, 0.2) is 5.60 Å². The molecule has 170 valence electrons. The molecule has 0 radical (unpaired) electrons. The number of aromatic nitrogens is 1. The van der Waals surface area contributed by atoms with Crippen LogP contribution in [0.2, 0.25) is 0 Å². The van der Waals surface area contributed by atoms with Gasteiger partial charge in [-0.25, -0.2) is 9.59 Å². The number of hydrogen-bond acceptors (Lipinski definition) is 5. The van der Waals surface area contributed by atoms with Crippen LogP contribution in [0.3, 0.4) is 0 Å². The fraction of sp³-hybridized carbons (Fsp3) is 0.684. The van der Waals surface area contributed by atoms with Crippen molar-refractivity contribution in [2.24, 2.45) is 0 Å². The third kappa shape index (κ3) is 5.88. The van der Waals surface area contributed by atoms with E-state index in [4.69, 9.17) is 14.6 Å². The number of carbonyl (C=O) groups excluding carboxylic acids is 1. The molecule has 30 heavy (non-hydrogen) atoms. The van der Waals surface area contributed by atoms with Crippen LogP contribution in [-0.2, 0) is 15.9 Å². The summed E-state index contributed by atoms with van der Waals surface area (Å²) < 4.78 is 52.0. The second kappa shape index (κ2) is 8.84. The van der Waals surface area contributed by atoms with E-state index in [1.807, 2.05) is 0 Å². The van der Waals surface area contributed by atoms with E-state index in [0.717, 1.165) is 4.90 Å². The topological polar surface area (TPSA) is 104 Å². The number of rotatable bonds is 7. The van der Waals surface area contributed by atoms with Gasteiger partial charge in [-0.1, -0.05) is 0 Å². The van der Waals surface area contributed by atoms with Crippen molar-refractivity contribution in [3.63, 3.8) is 0 Å². The molecular weight excluding hydrogens is 407 g/mol. The molecule has 1 amide bonds. The molecule has 1 aliphatic rings. The Balaban J connectivity index is 1.97. The van der Waals surface area contributed by atoms with E-state index in [1.165, 1.54) is 13.1 Å². The average Bonchev–Trinajstić information content (AvgIpc) is 3.20. The number of nitrogens with one attached hydrogen (secondary N) is 2. The maximum Gasteiger partial charge on any atom is 0.419 e. The molecule has 0 saturated carbocycles. The SMILES string of the molecule is CC(NCCc1cc[nH]c1C(=O)O)OC1(C(F)(F)F)CCN(C(=O)OC(C)(C)C)C1. The molecule has 1 fully saturated rings. The first kappa shape index (κ1) is 24.0. The molecule has 8 nitrogen and oxygen atoms in total. The summed E-state index contributed by atoms with van der Waals surface area (Å²) in [5.74, 6) is -1.11. The fourth-order valence-corrected chi connectivity index (χ4v) is 3.26. The smallest absolute Gasteiger partial charge is 0.419 e.